The Bertz CT molecular complexity index is 1430. The number of carbonyl (C=O) groups is 2. The average molecular weight is 546 g/mol. The topological polar surface area (TPSA) is 248 Å². The molecule has 0 atom stereocenters. The van der Waals surface area contributed by atoms with Crippen molar-refractivity contribution in [1.29, 1.82) is 0 Å². The maximum absolute atomic E-state index is 12.2. The lowest BCUT2D eigenvalue weighted by Crippen LogP contribution is -2.13. The third-order valence-corrected chi connectivity index (χ3v) is 5.82. The average Bonchev–Trinajstić information content (AvgIpc) is 2.84. The third kappa shape index (κ3) is 8.05. The number of carbonyl (C=O) groups excluding carboxylic acids is 2. The van der Waals surface area contributed by atoms with Crippen LogP contribution in [0.2, 0.25) is 0 Å². The molecule has 3 aromatic rings. The van der Waals surface area contributed by atoms with Crippen molar-refractivity contribution in [3.05, 3.63) is 103 Å². The van der Waals surface area contributed by atoms with Crippen LogP contribution in [-0.4, -0.2) is 35.0 Å². The highest BCUT2D eigenvalue weighted by atomic mass is 32.2. The van der Waals surface area contributed by atoms with E-state index >= 15 is 0 Å². The first-order valence-electron chi connectivity index (χ1n) is 10.1. The Morgan fingerprint density at radius 1 is 0.737 bits per heavy atom. The number of nitrogens with two attached hydrogens (primary N) is 1. The van der Waals surface area contributed by atoms with Gasteiger partial charge in [-0.05, 0) is 36.4 Å². The number of nitro groups is 3. The zero-order valence-corrected chi connectivity index (χ0v) is 20.1. The van der Waals surface area contributed by atoms with Gasteiger partial charge in [0.25, 0.3) is 27.1 Å². The van der Waals surface area contributed by atoms with Crippen LogP contribution in [0.3, 0.4) is 0 Å². The number of nitrogens with zero attached hydrogens (tertiary/aromatic N) is 3. The second-order valence-electron chi connectivity index (χ2n) is 7.23. The van der Waals surface area contributed by atoms with Gasteiger partial charge >= 0.3 is 0 Å². The second-order valence-corrected chi connectivity index (χ2v) is 8.91. The molecule has 0 saturated carbocycles. The molecule has 0 heterocycles. The van der Waals surface area contributed by atoms with E-state index in [4.69, 9.17) is 5.73 Å². The molecule has 0 spiro atoms. The SMILES string of the molecule is CC(=O)Nc1ccc(S(=O)(=O)Nc2ccc([N+](=O)[O-])cc2)cc1.NC(=O)c1cc([N+](=O)[O-])cc([N+](=O)[O-])c1. The van der Waals surface area contributed by atoms with E-state index in [2.05, 4.69) is 10.0 Å². The molecule has 0 fully saturated rings. The van der Waals surface area contributed by atoms with Gasteiger partial charge in [0.05, 0.1) is 31.3 Å². The summed E-state index contributed by atoms with van der Waals surface area (Å²) in [5, 5.41) is 33.9. The second kappa shape index (κ2) is 12.0. The van der Waals surface area contributed by atoms with Crippen LogP contribution in [0.1, 0.15) is 17.3 Å². The predicted molar refractivity (Wildman–Crippen MR) is 133 cm³/mol. The molecule has 16 nitrogen and oxygen atoms in total. The highest BCUT2D eigenvalue weighted by Gasteiger charge is 2.18. The van der Waals surface area contributed by atoms with Crippen LogP contribution in [0.5, 0.6) is 0 Å². The fourth-order valence-electron chi connectivity index (χ4n) is 2.73. The van der Waals surface area contributed by atoms with E-state index in [9.17, 15) is 48.3 Å². The van der Waals surface area contributed by atoms with Crippen LogP contribution in [-0.2, 0) is 14.8 Å². The minimum atomic E-state index is -3.82. The Morgan fingerprint density at radius 2 is 1.18 bits per heavy atom. The Kier molecular flexibility index (Phi) is 9.08. The van der Waals surface area contributed by atoms with Gasteiger partial charge in [-0.15, -0.1) is 0 Å². The van der Waals surface area contributed by atoms with Gasteiger partial charge < -0.3 is 11.1 Å². The number of anilines is 2. The van der Waals surface area contributed by atoms with Crippen molar-refractivity contribution in [1.82, 2.24) is 0 Å². The highest BCUT2D eigenvalue weighted by Crippen LogP contribution is 2.22. The number of amides is 2. The molecule has 0 radical (unpaired) electrons. The van der Waals surface area contributed by atoms with Gasteiger partial charge in [0.1, 0.15) is 0 Å². The largest absolute Gasteiger partial charge is 0.366 e. The highest BCUT2D eigenvalue weighted by molar-refractivity contribution is 7.92. The van der Waals surface area contributed by atoms with Crippen LogP contribution in [0, 0.1) is 30.3 Å². The summed E-state index contributed by atoms with van der Waals surface area (Å²) >= 11 is 0. The quantitative estimate of drug-likeness (QED) is 0.275. The Hall–Kier alpha value is -5.45. The van der Waals surface area contributed by atoms with Crippen LogP contribution in [0.25, 0.3) is 0 Å². The molecule has 38 heavy (non-hydrogen) atoms. The smallest absolute Gasteiger partial charge is 0.277 e. The molecule has 3 rings (SSSR count). The summed E-state index contributed by atoms with van der Waals surface area (Å²) in [5.74, 6) is -1.22. The molecule has 0 aromatic heterocycles. The Labute approximate surface area is 213 Å². The van der Waals surface area contributed by atoms with E-state index in [0.29, 0.717) is 5.69 Å². The Balaban J connectivity index is 0.000000293. The van der Waals surface area contributed by atoms with Gasteiger partial charge in [0, 0.05) is 42.6 Å². The number of nitro benzene ring substituents is 3. The van der Waals surface area contributed by atoms with Crippen molar-refractivity contribution in [2.75, 3.05) is 10.0 Å². The van der Waals surface area contributed by atoms with E-state index < -0.39 is 42.1 Å². The number of rotatable bonds is 8. The van der Waals surface area contributed by atoms with Gasteiger partial charge in [-0.25, -0.2) is 8.42 Å². The van der Waals surface area contributed by atoms with E-state index in [-0.39, 0.29) is 27.7 Å². The van der Waals surface area contributed by atoms with E-state index in [1.807, 2.05) is 0 Å². The van der Waals surface area contributed by atoms with Gasteiger partial charge in [-0.3, -0.25) is 44.7 Å². The molecule has 198 valence electrons. The summed E-state index contributed by atoms with van der Waals surface area (Å²) in [6.07, 6.45) is 0. The summed E-state index contributed by atoms with van der Waals surface area (Å²) in [7, 11) is -3.82. The summed E-state index contributed by atoms with van der Waals surface area (Å²) in [6, 6.07) is 13.2. The number of nitrogens with one attached hydrogen (secondary N) is 2. The van der Waals surface area contributed by atoms with E-state index in [1.165, 1.54) is 55.5 Å². The zero-order chi connectivity index (χ0) is 28.6. The molecule has 0 aliphatic carbocycles. The summed E-state index contributed by atoms with van der Waals surface area (Å²) in [6.45, 7) is 1.35. The van der Waals surface area contributed by atoms with Crippen molar-refractivity contribution in [3.63, 3.8) is 0 Å². The molecule has 3 aromatic carbocycles. The lowest BCUT2D eigenvalue weighted by molar-refractivity contribution is -0.394. The number of primary amides is 1. The monoisotopic (exact) mass is 546 g/mol. The lowest BCUT2D eigenvalue weighted by atomic mass is 10.1. The van der Waals surface area contributed by atoms with Gasteiger partial charge in [-0.1, -0.05) is 0 Å². The molecular weight excluding hydrogens is 528 g/mol. The minimum Gasteiger partial charge on any atom is -0.366 e. The van der Waals surface area contributed by atoms with Crippen molar-refractivity contribution in [3.8, 4) is 0 Å². The molecule has 0 aliphatic rings. The molecular formula is C21H18N6O10S. The molecule has 17 heteroatoms. The van der Waals surface area contributed by atoms with Crippen molar-refractivity contribution < 1.29 is 32.8 Å². The summed E-state index contributed by atoms with van der Waals surface area (Å²) < 4.78 is 26.8. The first kappa shape index (κ1) is 28.8. The van der Waals surface area contributed by atoms with Crippen LogP contribution in [0.4, 0.5) is 28.4 Å². The molecule has 0 bridgehead atoms. The summed E-state index contributed by atoms with van der Waals surface area (Å²) in [5.41, 5.74) is 4.07. The number of sulfonamides is 1. The number of non-ortho nitro benzene ring substituents is 3. The maximum Gasteiger partial charge on any atom is 0.277 e. The molecule has 0 saturated heterocycles. The third-order valence-electron chi connectivity index (χ3n) is 4.42. The maximum atomic E-state index is 12.2. The predicted octanol–water partition coefficient (Wildman–Crippen LogP) is 2.96. The van der Waals surface area contributed by atoms with Crippen molar-refractivity contribution in [2.24, 2.45) is 5.73 Å². The van der Waals surface area contributed by atoms with Crippen molar-refractivity contribution in [2.45, 2.75) is 11.8 Å². The van der Waals surface area contributed by atoms with Crippen LogP contribution < -0.4 is 15.8 Å². The van der Waals surface area contributed by atoms with Gasteiger partial charge in [0.15, 0.2) is 0 Å². The fraction of sp³-hybridized carbons (Fsp3) is 0.0476. The van der Waals surface area contributed by atoms with Gasteiger partial charge in [-0.2, -0.15) is 0 Å². The molecule has 4 N–H and O–H groups in total. The fourth-order valence-corrected chi connectivity index (χ4v) is 3.79. The molecule has 0 aliphatic heterocycles. The van der Waals surface area contributed by atoms with Crippen LogP contribution >= 0.6 is 0 Å². The zero-order valence-electron chi connectivity index (χ0n) is 19.3. The number of hydrogen-bond donors (Lipinski definition) is 3. The van der Waals surface area contributed by atoms with Gasteiger partial charge in [0.2, 0.25) is 11.8 Å². The van der Waals surface area contributed by atoms with Crippen LogP contribution in [0.15, 0.2) is 71.6 Å². The molecule has 0 unspecified atom stereocenters. The van der Waals surface area contributed by atoms with E-state index in [0.717, 1.165) is 18.2 Å². The van der Waals surface area contributed by atoms with E-state index in [1.54, 1.807) is 0 Å². The first-order chi connectivity index (χ1) is 17.7. The standard InChI is InChI=1S/C14H13N3O5S.C7H5N3O5/c1-10(18)15-11-4-8-14(9-5-11)23(21,22)16-12-2-6-13(7-3-12)17(19)20;8-7(11)4-1-5(9(12)13)3-6(2-4)10(14)15/h2-9,16H,1H3,(H,15,18);1-3H,(H2,8,11). The first-order valence-corrected chi connectivity index (χ1v) is 11.6. The Morgan fingerprint density at radius 3 is 1.58 bits per heavy atom. The number of benzene rings is 3. The van der Waals surface area contributed by atoms with Crippen molar-refractivity contribution >= 4 is 50.3 Å². The lowest BCUT2D eigenvalue weighted by Gasteiger charge is -2.09. The molecule has 2 amide bonds. The number of hydrogen-bond acceptors (Lipinski definition) is 10. The summed E-state index contributed by atoms with van der Waals surface area (Å²) in [4.78, 5) is 50.7. The normalized spacial score (nSPS) is 10.3. The minimum absolute atomic E-state index is 0.00459.